The topological polar surface area (TPSA) is 106 Å². The molecule has 4 aromatic rings. The number of amides is 1. The lowest BCUT2D eigenvalue weighted by Gasteiger charge is -2.15. The molecule has 184 valence electrons. The minimum absolute atomic E-state index is 0.0279. The van der Waals surface area contributed by atoms with Gasteiger partial charge in [-0.25, -0.2) is 18.7 Å². The number of hydrogen-bond donors (Lipinski definition) is 2. The number of rotatable bonds is 8. The lowest BCUT2D eigenvalue weighted by Crippen LogP contribution is -2.38. The number of benzene rings is 2. The molecule has 0 fully saturated rings. The number of hydrogen-bond acceptors (Lipinski definition) is 7. The van der Waals surface area contributed by atoms with Gasteiger partial charge in [-0.3, -0.25) is 19.0 Å². The van der Waals surface area contributed by atoms with Crippen molar-refractivity contribution < 1.29 is 18.4 Å². The zero-order chi connectivity index (χ0) is 25.8. The van der Waals surface area contributed by atoms with Crippen molar-refractivity contribution in [3.05, 3.63) is 98.4 Å². The van der Waals surface area contributed by atoms with E-state index in [1.165, 1.54) is 70.6 Å². The van der Waals surface area contributed by atoms with Crippen molar-refractivity contribution in [1.82, 2.24) is 19.9 Å². The summed E-state index contributed by atoms with van der Waals surface area (Å²) in [6, 6.07) is 10.1. The van der Waals surface area contributed by atoms with Crippen LogP contribution >= 0.6 is 11.3 Å². The number of aromatic nitrogens is 3. The first-order valence-electron chi connectivity index (χ1n) is 10.9. The smallest absolute Gasteiger partial charge is 0.294 e. The molecular weight excluding hydrogens is 488 g/mol. The van der Waals surface area contributed by atoms with Crippen LogP contribution in [0.3, 0.4) is 0 Å². The first-order valence-corrected chi connectivity index (χ1v) is 11.7. The van der Waals surface area contributed by atoms with Crippen LogP contribution in [0, 0.1) is 11.6 Å². The van der Waals surface area contributed by atoms with Crippen molar-refractivity contribution in [3.63, 3.8) is 0 Å². The van der Waals surface area contributed by atoms with Crippen LogP contribution in [0.1, 0.15) is 28.0 Å². The molecule has 36 heavy (non-hydrogen) atoms. The van der Waals surface area contributed by atoms with Gasteiger partial charge in [-0.2, -0.15) is 0 Å². The van der Waals surface area contributed by atoms with Crippen LogP contribution in [0.5, 0.6) is 0 Å². The van der Waals surface area contributed by atoms with Crippen molar-refractivity contribution in [3.8, 4) is 11.3 Å². The van der Waals surface area contributed by atoms with Crippen LogP contribution in [-0.2, 0) is 11.3 Å². The van der Waals surface area contributed by atoms with Crippen molar-refractivity contribution in [2.45, 2.75) is 19.5 Å². The quantitative estimate of drug-likeness (QED) is 0.353. The molecule has 0 aliphatic carbocycles. The average molecular weight is 510 g/mol. The second-order valence-electron chi connectivity index (χ2n) is 7.85. The van der Waals surface area contributed by atoms with Crippen LogP contribution in [-0.4, -0.2) is 39.3 Å². The second kappa shape index (κ2) is 10.7. The summed E-state index contributed by atoms with van der Waals surface area (Å²) in [5.41, 5.74) is 0.756. The van der Waals surface area contributed by atoms with E-state index in [1.54, 1.807) is 19.4 Å². The van der Waals surface area contributed by atoms with Crippen molar-refractivity contribution >= 4 is 28.8 Å². The number of halogens is 2. The van der Waals surface area contributed by atoms with E-state index < -0.39 is 29.1 Å². The van der Waals surface area contributed by atoms with Crippen LogP contribution in [0.15, 0.2) is 64.9 Å². The third kappa shape index (κ3) is 5.42. The standard InChI is InChI=1S/C25H21F2N5O3S/c1-14(28-2)24(34)31-23-25(35)32(20(11-29-23)15-3-7-17(26)8-4-15)12-21-30-19(13-36-21)22(33)16-5-9-18(27)10-6-16/h3-11,13-14,28H,12H2,1-2H3,(H,29,31,34)/t14-/m0/s1. The predicted molar refractivity (Wildman–Crippen MR) is 132 cm³/mol. The van der Waals surface area contributed by atoms with Gasteiger partial charge in [-0.15, -0.1) is 11.3 Å². The van der Waals surface area contributed by atoms with Gasteiger partial charge in [-0.1, -0.05) is 0 Å². The van der Waals surface area contributed by atoms with E-state index in [4.69, 9.17) is 0 Å². The minimum atomic E-state index is -0.588. The number of carbonyl (C=O) groups is 2. The summed E-state index contributed by atoms with van der Waals surface area (Å²) < 4.78 is 28.0. The van der Waals surface area contributed by atoms with Crippen LogP contribution < -0.4 is 16.2 Å². The van der Waals surface area contributed by atoms with Gasteiger partial charge in [0.2, 0.25) is 11.7 Å². The molecule has 2 aromatic heterocycles. The van der Waals surface area contributed by atoms with Crippen LogP contribution in [0.4, 0.5) is 14.6 Å². The molecular formula is C25H21F2N5O3S. The molecule has 0 spiro atoms. The molecule has 0 unspecified atom stereocenters. The molecule has 2 N–H and O–H groups in total. The van der Waals surface area contributed by atoms with Gasteiger partial charge in [0, 0.05) is 16.5 Å². The number of likely N-dealkylation sites (N-methyl/N-ethyl adjacent to an activating group) is 1. The SMILES string of the molecule is CN[C@@H](C)C(=O)Nc1ncc(-c2ccc(F)cc2)n(Cc2nc(C(=O)c3ccc(F)cc3)cs2)c1=O. The Morgan fingerprint density at radius 2 is 1.69 bits per heavy atom. The molecule has 11 heteroatoms. The fourth-order valence-corrected chi connectivity index (χ4v) is 4.07. The van der Waals surface area contributed by atoms with Gasteiger partial charge in [0.15, 0.2) is 5.82 Å². The Bertz CT molecular complexity index is 1470. The van der Waals surface area contributed by atoms with E-state index in [0.29, 0.717) is 16.3 Å². The summed E-state index contributed by atoms with van der Waals surface area (Å²) in [6.07, 6.45) is 1.41. The Morgan fingerprint density at radius 3 is 2.33 bits per heavy atom. The van der Waals surface area contributed by atoms with E-state index in [9.17, 15) is 23.2 Å². The Balaban J connectivity index is 1.70. The molecule has 0 saturated carbocycles. The van der Waals surface area contributed by atoms with E-state index in [2.05, 4.69) is 20.6 Å². The monoisotopic (exact) mass is 509 g/mol. The zero-order valence-corrected chi connectivity index (χ0v) is 20.1. The van der Waals surface area contributed by atoms with E-state index in [1.807, 2.05) is 0 Å². The fraction of sp³-hybridized carbons (Fsp3) is 0.160. The molecule has 2 aromatic carbocycles. The number of carbonyl (C=O) groups excluding carboxylic acids is 2. The van der Waals surface area contributed by atoms with Gasteiger partial charge < -0.3 is 10.6 Å². The summed E-state index contributed by atoms with van der Waals surface area (Å²) >= 11 is 1.17. The number of nitrogens with zero attached hydrogens (tertiary/aromatic N) is 3. The van der Waals surface area contributed by atoms with Gasteiger partial charge in [0.05, 0.1) is 24.5 Å². The summed E-state index contributed by atoms with van der Waals surface area (Å²) in [5.74, 6) is -1.89. The van der Waals surface area contributed by atoms with Gasteiger partial charge in [0.25, 0.3) is 5.56 Å². The molecule has 0 saturated heterocycles. The lowest BCUT2D eigenvalue weighted by atomic mass is 10.1. The molecule has 8 nitrogen and oxygen atoms in total. The third-order valence-electron chi connectivity index (χ3n) is 5.45. The van der Waals surface area contributed by atoms with E-state index in [0.717, 1.165) is 0 Å². The van der Waals surface area contributed by atoms with Crippen molar-refractivity contribution in [1.29, 1.82) is 0 Å². The minimum Gasteiger partial charge on any atom is -0.309 e. The molecule has 2 heterocycles. The largest absolute Gasteiger partial charge is 0.309 e. The van der Waals surface area contributed by atoms with Crippen molar-refractivity contribution in [2.75, 3.05) is 12.4 Å². The van der Waals surface area contributed by atoms with E-state index in [-0.39, 0.29) is 29.4 Å². The zero-order valence-electron chi connectivity index (χ0n) is 19.3. The highest BCUT2D eigenvalue weighted by Gasteiger charge is 2.19. The van der Waals surface area contributed by atoms with Gasteiger partial charge in [0.1, 0.15) is 22.3 Å². The second-order valence-corrected chi connectivity index (χ2v) is 8.80. The fourth-order valence-electron chi connectivity index (χ4n) is 3.31. The molecule has 0 aliphatic rings. The maximum Gasteiger partial charge on any atom is 0.294 e. The number of anilines is 1. The highest BCUT2D eigenvalue weighted by molar-refractivity contribution is 7.09. The first-order chi connectivity index (χ1) is 17.3. The third-order valence-corrected chi connectivity index (χ3v) is 6.28. The number of nitrogens with one attached hydrogen (secondary N) is 2. The summed E-state index contributed by atoms with van der Waals surface area (Å²) in [7, 11) is 1.61. The van der Waals surface area contributed by atoms with Crippen LogP contribution in [0.2, 0.25) is 0 Å². The molecule has 0 bridgehead atoms. The number of thiazole rings is 1. The average Bonchev–Trinajstić information content (AvgIpc) is 3.35. The Labute approximate surface area is 208 Å². The Morgan fingerprint density at radius 1 is 1.06 bits per heavy atom. The van der Waals surface area contributed by atoms with Gasteiger partial charge >= 0.3 is 0 Å². The summed E-state index contributed by atoms with van der Waals surface area (Å²) in [6.45, 7) is 1.61. The summed E-state index contributed by atoms with van der Waals surface area (Å²) in [4.78, 5) is 46.9. The highest BCUT2D eigenvalue weighted by atomic mass is 32.1. The van der Waals surface area contributed by atoms with Crippen LogP contribution in [0.25, 0.3) is 11.3 Å². The Hall–Kier alpha value is -4.09. The molecule has 1 atom stereocenters. The molecule has 4 rings (SSSR count). The number of ketones is 1. The summed E-state index contributed by atoms with van der Waals surface area (Å²) in [5, 5.41) is 7.30. The maximum absolute atomic E-state index is 13.5. The van der Waals surface area contributed by atoms with Gasteiger partial charge in [-0.05, 0) is 62.5 Å². The lowest BCUT2D eigenvalue weighted by molar-refractivity contribution is -0.117. The van der Waals surface area contributed by atoms with E-state index >= 15 is 0 Å². The first kappa shape index (κ1) is 25.0. The molecule has 1 amide bonds. The normalized spacial score (nSPS) is 11.8. The molecule has 0 aliphatic heterocycles. The Kier molecular flexibility index (Phi) is 7.41. The highest BCUT2D eigenvalue weighted by Crippen LogP contribution is 2.22. The predicted octanol–water partition coefficient (Wildman–Crippen LogP) is 3.47. The van der Waals surface area contributed by atoms with Crippen molar-refractivity contribution in [2.24, 2.45) is 0 Å². The molecule has 0 radical (unpaired) electrons. The maximum atomic E-state index is 13.5.